The van der Waals surface area contributed by atoms with Gasteiger partial charge in [0.1, 0.15) is 11.6 Å². The van der Waals surface area contributed by atoms with Crippen molar-refractivity contribution in [2.75, 3.05) is 49.5 Å². The fourth-order valence-corrected chi connectivity index (χ4v) is 2.03. The monoisotopic (exact) mass is 264 g/mol. The second-order valence-corrected chi connectivity index (χ2v) is 4.47. The molecule has 1 aliphatic rings. The highest BCUT2D eigenvalue weighted by Gasteiger charge is 2.19. The summed E-state index contributed by atoms with van der Waals surface area (Å²) < 4.78 is 0. The predicted molar refractivity (Wildman–Crippen MR) is 74.0 cm³/mol. The number of piperazine rings is 1. The zero-order valence-corrected chi connectivity index (χ0v) is 11.2. The van der Waals surface area contributed by atoms with Crippen molar-refractivity contribution in [2.45, 2.75) is 6.92 Å². The zero-order chi connectivity index (χ0) is 13.7. The van der Waals surface area contributed by atoms with E-state index < -0.39 is 0 Å². The summed E-state index contributed by atoms with van der Waals surface area (Å²) in [6.45, 7) is 5.93. The number of amides is 1. The molecule has 2 heterocycles. The Kier molecular flexibility index (Phi) is 4.51. The van der Waals surface area contributed by atoms with Gasteiger partial charge >= 0.3 is 0 Å². The van der Waals surface area contributed by atoms with Crippen molar-refractivity contribution >= 4 is 17.5 Å². The average molecular weight is 264 g/mol. The van der Waals surface area contributed by atoms with Crippen molar-refractivity contribution in [3.8, 4) is 0 Å². The standard InChI is InChI=1S/C12H20N6O/c1-10(19)17-4-6-18(7-5-17)12-9-15-11(8-16-12)14-3-2-13/h8-9H,2-7,13H2,1H3,(H,14,15). The summed E-state index contributed by atoms with van der Waals surface area (Å²) in [4.78, 5) is 23.9. The Labute approximate surface area is 112 Å². The molecule has 0 atom stereocenters. The lowest BCUT2D eigenvalue weighted by Crippen LogP contribution is -2.48. The Balaban J connectivity index is 1.90. The van der Waals surface area contributed by atoms with Crippen LogP contribution < -0.4 is 16.0 Å². The average Bonchev–Trinajstić information content (AvgIpc) is 2.46. The fourth-order valence-electron chi connectivity index (χ4n) is 2.03. The number of carbonyl (C=O) groups is 1. The third-order valence-corrected chi connectivity index (χ3v) is 3.14. The molecule has 2 rings (SSSR count). The van der Waals surface area contributed by atoms with Gasteiger partial charge in [-0.2, -0.15) is 0 Å². The van der Waals surface area contributed by atoms with E-state index in [1.807, 2.05) is 4.90 Å². The molecule has 3 N–H and O–H groups in total. The van der Waals surface area contributed by atoms with Gasteiger partial charge in [-0.05, 0) is 0 Å². The topological polar surface area (TPSA) is 87.4 Å². The number of hydrogen-bond donors (Lipinski definition) is 2. The third-order valence-electron chi connectivity index (χ3n) is 3.14. The first kappa shape index (κ1) is 13.5. The number of nitrogens with two attached hydrogens (primary N) is 1. The molecular formula is C12H20N6O. The number of rotatable bonds is 4. The van der Waals surface area contributed by atoms with E-state index in [0.717, 1.165) is 37.8 Å². The molecule has 0 radical (unpaired) electrons. The zero-order valence-electron chi connectivity index (χ0n) is 11.2. The lowest BCUT2D eigenvalue weighted by atomic mass is 10.3. The summed E-state index contributed by atoms with van der Waals surface area (Å²) in [6.07, 6.45) is 3.46. The summed E-state index contributed by atoms with van der Waals surface area (Å²) in [5.74, 6) is 1.71. The maximum Gasteiger partial charge on any atom is 0.219 e. The van der Waals surface area contributed by atoms with Crippen LogP contribution in [0.1, 0.15) is 6.92 Å². The summed E-state index contributed by atoms with van der Waals surface area (Å²) in [5.41, 5.74) is 5.41. The molecular weight excluding hydrogens is 244 g/mol. The molecule has 0 spiro atoms. The number of aromatic nitrogens is 2. The highest BCUT2D eigenvalue weighted by Crippen LogP contribution is 2.13. The molecule has 104 valence electrons. The molecule has 1 amide bonds. The van der Waals surface area contributed by atoms with Gasteiger partial charge in [-0.25, -0.2) is 9.97 Å². The minimum atomic E-state index is 0.132. The van der Waals surface area contributed by atoms with Crippen molar-refractivity contribution in [1.29, 1.82) is 0 Å². The van der Waals surface area contributed by atoms with Gasteiger partial charge in [0, 0.05) is 46.2 Å². The minimum absolute atomic E-state index is 0.132. The van der Waals surface area contributed by atoms with E-state index in [9.17, 15) is 4.79 Å². The second kappa shape index (κ2) is 6.33. The van der Waals surface area contributed by atoms with Crippen molar-refractivity contribution in [1.82, 2.24) is 14.9 Å². The molecule has 19 heavy (non-hydrogen) atoms. The van der Waals surface area contributed by atoms with Gasteiger partial charge in [0.05, 0.1) is 12.4 Å². The normalized spacial score (nSPS) is 15.5. The molecule has 0 aliphatic carbocycles. The molecule has 0 bridgehead atoms. The van der Waals surface area contributed by atoms with Gasteiger partial charge in [0.25, 0.3) is 0 Å². The largest absolute Gasteiger partial charge is 0.368 e. The Bertz CT molecular complexity index is 413. The molecule has 0 aromatic carbocycles. The van der Waals surface area contributed by atoms with Crippen molar-refractivity contribution in [3.05, 3.63) is 12.4 Å². The lowest BCUT2D eigenvalue weighted by Gasteiger charge is -2.34. The minimum Gasteiger partial charge on any atom is -0.368 e. The van der Waals surface area contributed by atoms with E-state index in [0.29, 0.717) is 13.1 Å². The maximum atomic E-state index is 11.2. The highest BCUT2D eigenvalue weighted by molar-refractivity contribution is 5.73. The van der Waals surface area contributed by atoms with Crippen molar-refractivity contribution in [2.24, 2.45) is 5.73 Å². The molecule has 1 aliphatic heterocycles. The molecule has 7 heteroatoms. The quantitative estimate of drug-likeness (QED) is 0.763. The lowest BCUT2D eigenvalue weighted by molar-refractivity contribution is -0.129. The van der Waals surface area contributed by atoms with E-state index in [1.165, 1.54) is 0 Å². The molecule has 0 saturated carbocycles. The Hall–Kier alpha value is -1.89. The summed E-state index contributed by atoms with van der Waals surface area (Å²) in [6, 6.07) is 0. The molecule has 1 aromatic rings. The number of carbonyl (C=O) groups excluding carboxylic acids is 1. The second-order valence-electron chi connectivity index (χ2n) is 4.47. The van der Waals surface area contributed by atoms with Gasteiger partial charge in [-0.15, -0.1) is 0 Å². The first-order valence-corrected chi connectivity index (χ1v) is 6.47. The van der Waals surface area contributed by atoms with Crippen LogP contribution in [-0.2, 0) is 4.79 Å². The van der Waals surface area contributed by atoms with Crippen LogP contribution in [-0.4, -0.2) is 60.0 Å². The number of nitrogens with one attached hydrogen (secondary N) is 1. The van der Waals surface area contributed by atoms with E-state index in [2.05, 4.69) is 20.2 Å². The Morgan fingerprint density at radius 1 is 1.32 bits per heavy atom. The maximum absolute atomic E-state index is 11.2. The summed E-state index contributed by atoms with van der Waals surface area (Å²) in [7, 11) is 0. The molecule has 7 nitrogen and oxygen atoms in total. The van der Waals surface area contributed by atoms with Gasteiger partial charge in [-0.1, -0.05) is 0 Å². The van der Waals surface area contributed by atoms with E-state index >= 15 is 0 Å². The van der Waals surface area contributed by atoms with Crippen LogP contribution in [0, 0.1) is 0 Å². The van der Waals surface area contributed by atoms with Crippen LogP contribution in [0.2, 0.25) is 0 Å². The van der Waals surface area contributed by atoms with Crippen LogP contribution in [0.15, 0.2) is 12.4 Å². The van der Waals surface area contributed by atoms with E-state index in [4.69, 9.17) is 5.73 Å². The molecule has 1 aromatic heterocycles. The molecule has 1 saturated heterocycles. The Morgan fingerprint density at radius 2 is 2.05 bits per heavy atom. The first-order chi connectivity index (χ1) is 9.20. The van der Waals surface area contributed by atoms with E-state index in [-0.39, 0.29) is 5.91 Å². The first-order valence-electron chi connectivity index (χ1n) is 6.47. The molecule has 0 unspecified atom stereocenters. The smallest absolute Gasteiger partial charge is 0.219 e. The van der Waals surface area contributed by atoms with Crippen LogP contribution in [0.3, 0.4) is 0 Å². The van der Waals surface area contributed by atoms with Crippen LogP contribution in [0.25, 0.3) is 0 Å². The van der Waals surface area contributed by atoms with Crippen molar-refractivity contribution in [3.63, 3.8) is 0 Å². The van der Waals surface area contributed by atoms with Gasteiger partial charge in [-0.3, -0.25) is 4.79 Å². The molecule has 1 fully saturated rings. The SMILES string of the molecule is CC(=O)N1CCN(c2cnc(NCCN)cn2)CC1. The summed E-state index contributed by atoms with van der Waals surface area (Å²) in [5, 5.41) is 3.08. The fraction of sp³-hybridized carbons (Fsp3) is 0.583. The Morgan fingerprint density at radius 3 is 2.58 bits per heavy atom. The number of nitrogens with zero attached hydrogens (tertiary/aromatic N) is 4. The van der Waals surface area contributed by atoms with Gasteiger partial charge in [0.15, 0.2) is 0 Å². The highest BCUT2D eigenvalue weighted by atomic mass is 16.2. The van der Waals surface area contributed by atoms with Crippen LogP contribution >= 0.6 is 0 Å². The van der Waals surface area contributed by atoms with Crippen LogP contribution in [0.4, 0.5) is 11.6 Å². The predicted octanol–water partition coefficient (Wildman–Crippen LogP) is -0.484. The van der Waals surface area contributed by atoms with Gasteiger partial charge < -0.3 is 20.9 Å². The third kappa shape index (κ3) is 3.54. The van der Waals surface area contributed by atoms with Gasteiger partial charge in [0.2, 0.25) is 5.91 Å². The van der Waals surface area contributed by atoms with E-state index in [1.54, 1.807) is 19.3 Å². The number of anilines is 2. The van der Waals surface area contributed by atoms with Crippen molar-refractivity contribution < 1.29 is 4.79 Å². The van der Waals surface area contributed by atoms with Crippen LogP contribution in [0.5, 0.6) is 0 Å². The number of hydrogen-bond acceptors (Lipinski definition) is 6. The summed E-state index contributed by atoms with van der Waals surface area (Å²) >= 11 is 0.